The van der Waals surface area contributed by atoms with Crippen LogP contribution in [0.5, 0.6) is 0 Å². The molecular formula is C16H14N2O. The standard InChI is InChI=1S/C16H14N2O/c1-10-9-17-16(18-10)11-6-7-15-13(8-11)12-4-2-3-5-14(12)19-15/h2-8,10H,9H2,1H3,(H,17,18). The molecule has 0 amide bonds. The molecule has 0 saturated heterocycles. The van der Waals surface area contributed by atoms with E-state index < -0.39 is 0 Å². The lowest BCUT2D eigenvalue weighted by Crippen LogP contribution is -2.27. The number of hydrogen-bond acceptors (Lipinski definition) is 3. The highest BCUT2D eigenvalue weighted by molar-refractivity contribution is 6.09. The first-order valence-corrected chi connectivity index (χ1v) is 6.54. The van der Waals surface area contributed by atoms with Crippen LogP contribution >= 0.6 is 0 Å². The smallest absolute Gasteiger partial charge is 0.135 e. The summed E-state index contributed by atoms with van der Waals surface area (Å²) in [6.45, 7) is 2.99. The molecule has 0 radical (unpaired) electrons. The zero-order chi connectivity index (χ0) is 12.8. The van der Waals surface area contributed by atoms with Crippen LogP contribution in [0.4, 0.5) is 0 Å². The van der Waals surface area contributed by atoms with E-state index in [1.165, 1.54) is 0 Å². The molecule has 3 nitrogen and oxygen atoms in total. The lowest BCUT2D eigenvalue weighted by molar-refractivity contribution is 0.669. The number of benzene rings is 2. The monoisotopic (exact) mass is 250 g/mol. The quantitative estimate of drug-likeness (QED) is 0.719. The molecule has 1 aliphatic rings. The van der Waals surface area contributed by atoms with Gasteiger partial charge in [-0.3, -0.25) is 4.99 Å². The largest absolute Gasteiger partial charge is 0.456 e. The topological polar surface area (TPSA) is 37.5 Å². The first-order valence-electron chi connectivity index (χ1n) is 6.54. The molecule has 0 fully saturated rings. The molecule has 0 aliphatic carbocycles. The summed E-state index contributed by atoms with van der Waals surface area (Å²) in [6, 6.07) is 14.8. The van der Waals surface area contributed by atoms with E-state index in [0.29, 0.717) is 6.04 Å². The van der Waals surface area contributed by atoms with Crippen molar-refractivity contribution in [2.45, 2.75) is 13.0 Å². The van der Waals surface area contributed by atoms with E-state index in [0.717, 1.165) is 39.9 Å². The maximum absolute atomic E-state index is 5.83. The number of hydrogen-bond donors (Lipinski definition) is 1. The summed E-state index contributed by atoms with van der Waals surface area (Å²) >= 11 is 0. The van der Waals surface area contributed by atoms with Crippen molar-refractivity contribution >= 4 is 27.8 Å². The van der Waals surface area contributed by atoms with Crippen molar-refractivity contribution in [3.8, 4) is 0 Å². The molecule has 3 heteroatoms. The summed E-state index contributed by atoms with van der Waals surface area (Å²) in [7, 11) is 0. The van der Waals surface area contributed by atoms with Gasteiger partial charge in [-0.25, -0.2) is 0 Å². The fourth-order valence-corrected chi connectivity index (χ4v) is 2.60. The minimum Gasteiger partial charge on any atom is -0.456 e. The van der Waals surface area contributed by atoms with Crippen molar-refractivity contribution in [3.05, 3.63) is 48.0 Å². The minimum atomic E-state index is 0.423. The fourth-order valence-electron chi connectivity index (χ4n) is 2.60. The molecule has 1 unspecified atom stereocenters. The Bertz CT molecular complexity index is 801. The molecular weight excluding hydrogens is 236 g/mol. The van der Waals surface area contributed by atoms with Crippen LogP contribution in [0.15, 0.2) is 51.9 Å². The summed E-state index contributed by atoms with van der Waals surface area (Å²) < 4.78 is 5.83. The number of aliphatic imine (C=N–C) groups is 1. The van der Waals surface area contributed by atoms with E-state index in [4.69, 9.17) is 4.42 Å². The molecule has 94 valence electrons. The first kappa shape index (κ1) is 10.6. The van der Waals surface area contributed by atoms with Gasteiger partial charge in [-0.2, -0.15) is 0 Å². The maximum atomic E-state index is 5.83. The molecule has 3 aromatic rings. The normalized spacial score (nSPS) is 18.8. The van der Waals surface area contributed by atoms with Gasteiger partial charge in [0.05, 0.1) is 6.54 Å². The molecule has 1 aromatic heterocycles. The van der Waals surface area contributed by atoms with E-state index in [9.17, 15) is 0 Å². The van der Waals surface area contributed by atoms with Gasteiger partial charge >= 0.3 is 0 Å². The summed E-state index contributed by atoms with van der Waals surface area (Å²) in [4.78, 5) is 4.53. The van der Waals surface area contributed by atoms with E-state index in [1.807, 2.05) is 24.3 Å². The minimum absolute atomic E-state index is 0.423. The van der Waals surface area contributed by atoms with Crippen molar-refractivity contribution in [1.29, 1.82) is 0 Å². The van der Waals surface area contributed by atoms with Crippen molar-refractivity contribution in [1.82, 2.24) is 5.32 Å². The van der Waals surface area contributed by atoms with E-state index >= 15 is 0 Å². The second-order valence-corrected chi connectivity index (χ2v) is 5.04. The van der Waals surface area contributed by atoms with Gasteiger partial charge in [-0.1, -0.05) is 18.2 Å². The van der Waals surface area contributed by atoms with Crippen LogP contribution in [-0.4, -0.2) is 18.4 Å². The van der Waals surface area contributed by atoms with Gasteiger partial charge in [0.2, 0.25) is 0 Å². The summed E-state index contributed by atoms with van der Waals surface area (Å²) in [6.07, 6.45) is 0. The average molecular weight is 250 g/mol. The zero-order valence-corrected chi connectivity index (χ0v) is 10.7. The SMILES string of the molecule is CC1CN=C(c2ccc3oc4ccccc4c3c2)N1. The first-order chi connectivity index (χ1) is 9.31. The number of nitrogens with zero attached hydrogens (tertiary/aromatic N) is 1. The third-order valence-electron chi connectivity index (χ3n) is 3.56. The van der Waals surface area contributed by atoms with Crippen molar-refractivity contribution < 1.29 is 4.42 Å². The molecule has 0 bridgehead atoms. The molecule has 1 aliphatic heterocycles. The molecule has 2 heterocycles. The number of fused-ring (bicyclic) bond motifs is 3. The van der Waals surface area contributed by atoms with Crippen LogP contribution in [0.1, 0.15) is 12.5 Å². The summed E-state index contributed by atoms with van der Waals surface area (Å²) in [5, 5.41) is 5.70. The van der Waals surface area contributed by atoms with Crippen LogP contribution in [0.25, 0.3) is 21.9 Å². The number of para-hydroxylation sites is 1. The highest BCUT2D eigenvalue weighted by atomic mass is 16.3. The molecule has 19 heavy (non-hydrogen) atoms. The Morgan fingerprint density at radius 3 is 2.79 bits per heavy atom. The predicted molar refractivity (Wildman–Crippen MR) is 77.7 cm³/mol. The van der Waals surface area contributed by atoms with Crippen molar-refractivity contribution in [2.75, 3.05) is 6.54 Å². The zero-order valence-electron chi connectivity index (χ0n) is 10.7. The Labute approximate surface area is 110 Å². The highest BCUT2D eigenvalue weighted by Gasteiger charge is 2.15. The Morgan fingerprint density at radius 1 is 1.11 bits per heavy atom. The Hall–Kier alpha value is -2.29. The lowest BCUT2D eigenvalue weighted by atomic mass is 10.1. The van der Waals surface area contributed by atoms with Gasteiger partial charge in [0, 0.05) is 22.4 Å². The van der Waals surface area contributed by atoms with Crippen LogP contribution in [0.2, 0.25) is 0 Å². The van der Waals surface area contributed by atoms with Gasteiger partial charge in [-0.15, -0.1) is 0 Å². The van der Waals surface area contributed by atoms with Gasteiger partial charge in [0.25, 0.3) is 0 Å². The maximum Gasteiger partial charge on any atom is 0.135 e. The third-order valence-corrected chi connectivity index (χ3v) is 3.56. The van der Waals surface area contributed by atoms with Crippen molar-refractivity contribution in [2.24, 2.45) is 4.99 Å². The van der Waals surface area contributed by atoms with Crippen LogP contribution < -0.4 is 5.32 Å². The van der Waals surface area contributed by atoms with E-state index in [-0.39, 0.29) is 0 Å². The molecule has 1 N–H and O–H groups in total. The average Bonchev–Trinajstić information content (AvgIpc) is 3.01. The Morgan fingerprint density at radius 2 is 1.95 bits per heavy atom. The van der Waals surface area contributed by atoms with Crippen LogP contribution in [-0.2, 0) is 0 Å². The Balaban J connectivity index is 1.93. The lowest BCUT2D eigenvalue weighted by Gasteiger charge is -2.05. The molecule has 4 rings (SSSR count). The summed E-state index contributed by atoms with van der Waals surface area (Å²) in [5.41, 5.74) is 2.99. The van der Waals surface area contributed by atoms with Crippen molar-refractivity contribution in [3.63, 3.8) is 0 Å². The molecule has 0 saturated carbocycles. The third kappa shape index (κ3) is 1.62. The molecule has 2 aromatic carbocycles. The van der Waals surface area contributed by atoms with Gasteiger partial charge in [0.1, 0.15) is 17.0 Å². The van der Waals surface area contributed by atoms with Crippen LogP contribution in [0.3, 0.4) is 0 Å². The van der Waals surface area contributed by atoms with E-state index in [2.05, 4.69) is 35.4 Å². The molecule has 1 atom stereocenters. The number of nitrogens with one attached hydrogen (secondary N) is 1. The highest BCUT2D eigenvalue weighted by Crippen LogP contribution is 2.29. The molecule has 0 spiro atoms. The number of furan rings is 1. The fraction of sp³-hybridized carbons (Fsp3) is 0.188. The Kier molecular flexibility index (Phi) is 2.15. The van der Waals surface area contributed by atoms with E-state index in [1.54, 1.807) is 0 Å². The summed E-state index contributed by atoms with van der Waals surface area (Å²) in [5.74, 6) is 0.986. The second-order valence-electron chi connectivity index (χ2n) is 5.04. The van der Waals surface area contributed by atoms with Gasteiger partial charge in [0.15, 0.2) is 0 Å². The second kappa shape index (κ2) is 3.85. The number of amidine groups is 1. The van der Waals surface area contributed by atoms with Gasteiger partial charge < -0.3 is 9.73 Å². The van der Waals surface area contributed by atoms with Gasteiger partial charge in [-0.05, 0) is 31.2 Å². The number of rotatable bonds is 1. The predicted octanol–water partition coefficient (Wildman–Crippen LogP) is 3.32. The van der Waals surface area contributed by atoms with Crippen LogP contribution in [0, 0.1) is 0 Å².